The molecule has 2 fully saturated rings. The summed E-state index contributed by atoms with van der Waals surface area (Å²) >= 11 is 4.20. The summed E-state index contributed by atoms with van der Waals surface area (Å²) in [5.74, 6) is -0.533. The largest absolute Gasteiger partial charge is 0.493 e. The van der Waals surface area contributed by atoms with E-state index in [2.05, 4.69) is 21.2 Å². The first kappa shape index (κ1) is 27.7. The number of imide groups is 1. The Bertz CT molecular complexity index is 1280. The first-order valence-electron chi connectivity index (χ1n) is 11.7. The van der Waals surface area contributed by atoms with Crippen LogP contribution in [0.3, 0.4) is 0 Å². The van der Waals surface area contributed by atoms with E-state index in [9.17, 15) is 19.2 Å². The number of hydrogen-bond acceptors (Lipinski definition) is 8. The number of anilines is 1. The van der Waals surface area contributed by atoms with Crippen LogP contribution in [0.15, 0.2) is 45.8 Å². The number of amides is 4. The van der Waals surface area contributed by atoms with E-state index in [1.165, 1.54) is 7.11 Å². The van der Waals surface area contributed by atoms with Gasteiger partial charge in [0.1, 0.15) is 6.54 Å². The van der Waals surface area contributed by atoms with Crippen LogP contribution in [0.2, 0.25) is 0 Å². The molecule has 4 rings (SSSR count). The number of aryl methyl sites for hydroxylation is 1. The smallest absolute Gasteiger partial charge is 0.294 e. The standard InChI is InChI=1S/C26H26BrN3O7S/c1-16-3-5-18(6-4-16)28-22(31)15-37-24-19(27)11-17(12-20(24)35-2)13-21-25(33)30(26(34)38-21)14-23(32)29-7-9-36-10-8-29/h3-6,11-13H,7-10,14-15H2,1-2H3,(H,28,31)/b21-13+. The van der Waals surface area contributed by atoms with Crippen molar-refractivity contribution >= 4 is 62.4 Å². The number of nitrogens with one attached hydrogen (secondary N) is 1. The molecule has 2 saturated heterocycles. The lowest BCUT2D eigenvalue weighted by atomic mass is 10.2. The van der Waals surface area contributed by atoms with Crippen molar-refractivity contribution in [2.75, 3.05) is 51.9 Å². The molecule has 2 aliphatic rings. The van der Waals surface area contributed by atoms with E-state index in [0.717, 1.165) is 22.2 Å². The molecule has 10 nitrogen and oxygen atoms in total. The highest BCUT2D eigenvalue weighted by atomic mass is 79.9. The normalized spacial score (nSPS) is 16.7. The van der Waals surface area contributed by atoms with Gasteiger partial charge in [0.25, 0.3) is 17.1 Å². The molecule has 0 aromatic heterocycles. The van der Waals surface area contributed by atoms with Crippen LogP contribution >= 0.6 is 27.7 Å². The van der Waals surface area contributed by atoms with Crippen LogP contribution in [0, 0.1) is 6.92 Å². The van der Waals surface area contributed by atoms with E-state index >= 15 is 0 Å². The second-order valence-corrected chi connectivity index (χ2v) is 10.3. The van der Waals surface area contributed by atoms with E-state index in [4.69, 9.17) is 14.2 Å². The summed E-state index contributed by atoms with van der Waals surface area (Å²) in [5, 5.41) is 2.26. The number of methoxy groups -OCH3 is 1. The highest BCUT2D eigenvalue weighted by molar-refractivity contribution is 9.10. The fourth-order valence-corrected chi connectivity index (χ4v) is 5.18. The lowest BCUT2D eigenvalue weighted by molar-refractivity contribution is -0.139. The molecule has 2 aliphatic heterocycles. The van der Waals surface area contributed by atoms with Crippen molar-refractivity contribution in [3.63, 3.8) is 0 Å². The summed E-state index contributed by atoms with van der Waals surface area (Å²) in [6, 6.07) is 10.7. The maximum Gasteiger partial charge on any atom is 0.294 e. The molecule has 0 spiro atoms. The van der Waals surface area contributed by atoms with Gasteiger partial charge in [-0.1, -0.05) is 17.7 Å². The van der Waals surface area contributed by atoms with Crippen molar-refractivity contribution in [3.05, 3.63) is 56.9 Å². The maximum atomic E-state index is 12.9. The van der Waals surface area contributed by atoms with Crippen molar-refractivity contribution in [2.45, 2.75) is 6.92 Å². The fourth-order valence-electron chi connectivity index (χ4n) is 3.77. The zero-order chi connectivity index (χ0) is 27.2. The molecule has 0 unspecified atom stereocenters. The van der Waals surface area contributed by atoms with Gasteiger partial charge < -0.3 is 24.4 Å². The summed E-state index contributed by atoms with van der Waals surface area (Å²) < 4.78 is 16.9. The van der Waals surface area contributed by atoms with E-state index in [1.54, 1.807) is 35.2 Å². The second-order valence-electron chi connectivity index (χ2n) is 8.50. The molecular formula is C26H26BrN3O7S. The minimum atomic E-state index is -0.537. The molecule has 38 heavy (non-hydrogen) atoms. The summed E-state index contributed by atoms with van der Waals surface area (Å²) in [7, 11) is 1.45. The monoisotopic (exact) mass is 603 g/mol. The number of benzene rings is 2. The minimum absolute atomic E-state index is 0.185. The summed E-state index contributed by atoms with van der Waals surface area (Å²) in [4.78, 5) is 53.0. The number of nitrogens with zero attached hydrogens (tertiary/aromatic N) is 2. The van der Waals surface area contributed by atoms with Crippen molar-refractivity contribution in [2.24, 2.45) is 0 Å². The maximum absolute atomic E-state index is 12.9. The predicted molar refractivity (Wildman–Crippen MR) is 146 cm³/mol. The molecule has 2 aromatic carbocycles. The van der Waals surface area contributed by atoms with Crippen molar-refractivity contribution in [3.8, 4) is 11.5 Å². The second kappa shape index (κ2) is 12.5. The number of halogens is 1. The van der Waals surface area contributed by atoms with Gasteiger partial charge in [0.05, 0.1) is 29.7 Å². The van der Waals surface area contributed by atoms with Crippen LogP contribution in [0.4, 0.5) is 10.5 Å². The van der Waals surface area contributed by atoms with E-state index < -0.39 is 11.1 Å². The number of ether oxygens (including phenoxy) is 3. The molecule has 1 N–H and O–H groups in total. The summed E-state index contributed by atoms with van der Waals surface area (Å²) in [5.41, 5.74) is 2.31. The van der Waals surface area contributed by atoms with E-state index in [1.807, 2.05) is 19.1 Å². The van der Waals surface area contributed by atoms with Gasteiger partial charge in [-0.15, -0.1) is 0 Å². The molecule has 2 aromatic rings. The molecule has 0 atom stereocenters. The van der Waals surface area contributed by atoms with Crippen LogP contribution in [0.5, 0.6) is 11.5 Å². The highest BCUT2D eigenvalue weighted by Gasteiger charge is 2.37. The first-order chi connectivity index (χ1) is 18.2. The Kier molecular flexibility index (Phi) is 9.08. The number of hydrogen-bond donors (Lipinski definition) is 1. The average molecular weight is 604 g/mol. The van der Waals surface area contributed by atoms with Gasteiger partial charge in [-0.2, -0.15) is 0 Å². The third-order valence-corrected chi connectivity index (χ3v) is 7.26. The van der Waals surface area contributed by atoms with Gasteiger partial charge in [-0.05, 0) is 70.5 Å². The number of thioether (sulfide) groups is 1. The zero-order valence-corrected chi connectivity index (χ0v) is 23.2. The quantitative estimate of drug-likeness (QED) is 0.454. The van der Waals surface area contributed by atoms with Crippen molar-refractivity contribution < 1.29 is 33.4 Å². The van der Waals surface area contributed by atoms with Crippen LogP contribution in [-0.2, 0) is 19.1 Å². The molecule has 4 amide bonds. The number of morpholine rings is 1. The van der Waals surface area contributed by atoms with Crippen LogP contribution in [0.25, 0.3) is 6.08 Å². The summed E-state index contributed by atoms with van der Waals surface area (Å²) in [6.45, 7) is 3.12. The lowest BCUT2D eigenvalue weighted by Gasteiger charge is -2.28. The van der Waals surface area contributed by atoms with Crippen LogP contribution in [-0.4, -0.2) is 79.3 Å². The topological polar surface area (TPSA) is 114 Å². The molecule has 0 radical (unpaired) electrons. The van der Waals surface area contributed by atoms with E-state index in [0.29, 0.717) is 53.5 Å². The molecule has 2 heterocycles. The number of carbonyl (C=O) groups is 4. The van der Waals surface area contributed by atoms with Crippen molar-refractivity contribution in [1.29, 1.82) is 0 Å². The Labute approximate surface area is 232 Å². The van der Waals surface area contributed by atoms with Gasteiger partial charge in [0.15, 0.2) is 18.1 Å². The molecular weight excluding hydrogens is 578 g/mol. The van der Waals surface area contributed by atoms with Crippen LogP contribution in [0.1, 0.15) is 11.1 Å². The Balaban J connectivity index is 1.42. The zero-order valence-electron chi connectivity index (χ0n) is 20.8. The fraction of sp³-hybridized carbons (Fsp3) is 0.308. The van der Waals surface area contributed by atoms with Crippen molar-refractivity contribution in [1.82, 2.24) is 9.80 Å². The number of carbonyl (C=O) groups excluding carboxylic acids is 4. The Morgan fingerprint density at radius 2 is 1.87 bits per heavy atom. The Morgan fingerprint density at radius 1 is 1.16 bits per heavy atom. The highest BCUT2D eigenvalue weighted by Crippen LogP contribution is 2.39. The lowest BCUT2D eigenvalue weighted by Crippen LogP contribution is -2.46. The van der Waals surface area contributed by atoms with Gasteiger partial charge in [-0.25, -0.2) is 0 Å². The third-order valence-electron chi connectivity index (χ3n) is 5.76. The van der Waals surface area contributed by atoms with Gasteiger partial charge in [0.2, 0.25) is 5.91 Å². The van der Waals surface area contributed by atoms with E-state index in [-0.39, 0.29) is 29.9 Å². The van der Waals surface area contributed by atoms with Gasteiger partial charge in [0, 0.05) is 18.8 Å². The average Bonchev–Trinajstić information content (AvgIpc) is 3.16. The molecule has 0 saturated carbocycles. The number of rotatable bonds is 8. The molecule has 0 aliphatic carbocycles. The SMILES string of the molecule is COc1cc(/C=C2/SC(=O)N(CC(=O)N3CCOCC3)C2=O)cc(Br)c1OCC(=O)Nc1ccc(C)cc1. The minimum Gasteiger partial charge on any atom is -0.493 e. The van der Waals surface area contributed by atoms with Gasteiger partial charge in [-0.3, -0.25) is 24.1 Å². The first-order valence-corrected chi connectivity index (χ1v) is 13.3. The Hall–Kier alpha value is -3.35. The van der Waals surface area contributed by atoms with Crippen LogP contribution < -0.4 is 14.8 Å². The Morgan fingerprint density at radius 3 is 2.55 bits per heavy atom. The molecule has 200 valence electrons. The predicted octanol–water partition coefficient (Wildman–Crippen LogP) is 3.68. The van der Waals surface area contributed by atoms with Gasteiger partial charge >= 0.3 is 0 Å². The third kappa shape index (κ3) is 6.74. The molecule has 0 bridgehead atoms. The summed E-state index contributed by atoms with van der Waals surface area (Å²) in [6.07, 6.45) is 1.55. The molecule has 12 heteroatoms.